The van der Waals surface area contributed by atoms with Crippen LogP contribution in [-0.2, 0) is 15.6 Å². The van der Waals surface area contributed by atoms with Gasteiger partial charge in [-0.15, -0.1) is 0 Å². The van der Waals surface area contributed by atoms with Crippen LogP contribution in [0, 0.1) is 0 Å². The molecule has 5 heteroatoms. The molecule has 0 spiro atoms. The summed E-state index contributed by atoms with van der Waals surface area (Å²) in [4.78, 5) is 3.07. The summed E-state index contributed by atoms with van der Waals surface area (Å²) in [5.41, 5.74) is 7.94. The molecule has 0 saturated heterocycles. The highest BCUT2D eigenvalue weighted by atomic mass is 32.2. The molecule has 3 N–H and O–H groups in total. The van der Waals surface area contributed by atoms with Gasteiger partial charge in [-0.3, -0.25) is 0 Å². The number of sulfone groups is 1. The monoisotopic (exact) mass is 252 g/mol. The van der Waals surface area contributed by atoms with E-state index in [1.807, 2.05) is 18.2 Å². The molecule has 2 aromatic rings. The number of hydrogen-bond acceptors (Lipinski definition) is 3. The van der Waals surface area contributed by atoms with Crippen LogP contribution in [0.5, 0.6) is 0 Å². The van der Waals surface area contributed by atoms with Crippen LogP contribution in [0.25, 0.3) is 10.9 Å². The normalized spacial score (nSPS) is 12.4. The summed E-state index contributed by atoms with van der Waals surface area (Å²) in [6, 6.07) is 7.39. The van der Waals surface area contributed by atoms with Crippen molar-refractivity contribution < 1.29 is 8.42 Å². The third-order valence-corrected chi connectivity index (χ3v) is 4.97. The number of nitrogen functional groups attached to an aromatic ring is 1. The molecule has 0 atom stereocenters. The van der Waals surface area contributed by atoms with Crippen molar-refractivity contribution in [1.82, 2.24) is 4.98 Å². The first kappa shape index (κ1) is 12.0. The van der Waals surface area contributed by atoms with Gasteiger partial charge in [0.25, 0.3) is 0 Å². The van der Waals surface area contributed by atoms with Crippen molar-refractivity contribution >= 4 is 26.4 Å². The van der Waals surface area contributed by atoms with E-state index < -0.39 is 9.84 Å². The van der Waals surface area contributed by atoms with Gasteiger partial charge < -0.3 is 10.7 Å². The summed E-state index contributed by atoms with van der Waals surface area (Å²) in [6.45, 7) is 3.37. The van der Waals surface area contributed by atoms with E-state index >= 15 is 0 Å². The molecule has 92 valence electrons. The second-order valence-corrected chi connectivity index (χ2v) is 7.02. The molecule has 0 aliphatic carbocycles. The summed E-state index contributed by atoms with van der Waals surface area (Å²) >= 11 is 0. The maximum Gasteiger partial charge on any atom is 0.158 e. The number of aromatic nitrogens is 1. The van der Waals surface area contributed by atoms with Crippen LogP contribution in [0.3, 0.4) is 0 Å². The van der Waals surface area contributed by atoms with Gasteiger partial charge in [0.05, 0.1) is 22.2 Å². The second-order valence-electron chi connectivity index (χ2n) is 4.46. The van der Waals surface area contributed by atoms with Crippen LogP contribution in [0.15, 0.2) is 24.3 Å². The Hall–Kier alpha value is -1.49. The van der Waals surface area contributed by atoms with Crippen molar-refractivity contribution in [3.8, 4) is 0 Å². The van der Waals surface area contributed by atoms with Crippen LogP contribution in [0.1, 0.15) is 19.5 Å². The number of nitrogens with two attached hydrogens (primary N) is 1. The summed E-state index contributed by atoms with van der Waals surface area (Å²) in [5.74, 6) is 0.0266. The van der Waals surface area contributed by atoms with Gasteiger partial charge in [-0.2, -0.15) is 0 Å². The number of nitrogens with one attached hydrogen (secondary N) is 1. The molecule has 0 fully saturated rings. The minimum absolute atomic E-state index is 0.0266. The summed E-state index contributed by atoms with van der Waals surface area (Å²) in [7, 11) is -3.08. The highest BCUT2D eigenvalue weighted by Gasteiger charge is 2.18. The lowest BCUT2D eigenvalue weighted by atomic mass is 10.2. The van der Waals surface area contributed by atoms with Gasteiger partial charge in [0, 0.05) is 11.1 Å². The Labute approximate surface area is 101 Å². The Morgan fingerprint density at radius 2 is 2.06 bits per heavy atom. The zero-order valence-corrected chi connectivity index (χ0v) is 10.7. The standard InChI is InChI=1S/C12H16N2O2S/c1-8(2)17(15,16)7-10-6-9-4-3-5-11(13)12(9)14-10/h3-6,8,14H,7,13H2,1-2H3. The van der Waals surface area contributed by atoms with Gasteiger partial charge in [0.15, 0.2) is 9.84 Å². The fourth-order valence-corrected chi connectivity index (χ4v) is 2.62. The van der Waals surface area contributed by atoms with E-state index in [-0.39, 0.29) is 11.0 Å². The third kappa shape index (κ3) is 2.29. The summed E-state index contributed by atoms with van der Waals surface area (Å²) < 4.78 is 23.6. The molecule has 1 aromatic heterocycles. The number of benzene rings is 1. The van der Waals surface area contributed by atoms with Gasteiger partial charge in [-0.05, 0) is 26.0 Å². The quantitative estimate of drug-likeness (QED) is 0.821. The fraction of sp³-hybridized carbons (Fsp3) is 0.333. The van der Waals surface area contributed by atoms with Crippen molar-refractivity contribution in [3.05, 3.63) is 30.0 Å². The maximum atomic E-state index is 11.8. The average molecular weight is 252 g/mol. The molecular weight excluding hydrogens is 236 g/mol. The Morgan fingerprint density at radius 1 is 1.35 bits per heavy atom. The van der Waals surface area contributed by atoms with Crippen LogP contribution in [0.2, 0.25) is 0 Å². The number of rotatable bonds is 3. The minimum Gasteiger partial charge on any atom is -0.397 e. The molecule has 0 saturated carbocycles. The smallest absolute Gasteiger partial charge is 0.158 e. The van der Waals surface area contributed by atoms with Gasteiger partial charge in [0.2, 0.25) is 0 Å². The second kappa shape index (κ2) is 4.07. The Kier molecular flexibility index (Phi) is 2.87. The maximum absolute atomic E-state index is 11.8. The highest BCUT2D eigenvalue weighted by molar-refractivity contribution is 7.91. The lowest BCUT2D eigenvalue weighted by Gasteiger charge is -2.05. The first-order valence-corrected chi connectivity index (χ1v) is 7.19. The lowest BCUT2D eigenvalue weighted by Crippen LogP contribution is -2.16. The molecule has 1 heterocycles. The van der Waals surface area contributed by atoms with Crippen molar-refractivity contribution in [2.24, 2.45) is 0 Å². The zero-order valence-electron chi connectivity index (χ0n) is 9.90. The van der Waals surface area contributed by atoms with Gasteiger partial charge in [-0.1, -0.05) is 12.1 Å². The van der Waals surface area contributed by atoms with Gasteiger partial charge >= 0.3 is 0 Å². The molecule has 0 bridgehead atoms. The molecular formula is C12H16N2O2S. The lowest BCUT2D eigenvalue weighted by molar-refractivity contribution is 0.586. The molecule has 1 aromatic carbocycles. The molecule has 4 nitrogen and oxygen atoms in total. The number of para-hydroxylation sites is 1. The van der Waals surface area contributed by atoms with E-state index in [1.165, 1.54) is 0 Å². The largest absolute Gasteiger partial charge is 0.397 e. The molecule has 17 heavy (non-hydrogen) atoms. The first-order chi connectivity index (χ1) is 7.90. The number of fused-ring (bicyclic) bond motifs is 1. The van der Waals surface area contributed by atoms with E-state index in [2.05, 4.69) is 4.98 Å². The van der Waals surface area contributed by atoms with Crippen LogP contribution < -0.4 is 5.73 Å². The zero-order chi connectivity index (χ0) is 12.6. The molecule has 0 radical (unpaired) electrons. The Balaban J connectivity index is 2.42. The topological polar surface area (TPSA) is 75.9 Å². The number of H-pyrrole nitrogens is 1. The summed E-state index contributed by atoms with van der Waals surface area (Å²) in [5, 5.41) is 0.574. The summed E-state index contributed by atoms with van der Waals surface area (Å²) in [6.07, 6.45) is 0. The first-order valence-electron chi connectivity index (χ1n) is 5.48. The predicted molar refractivity (Wildman–Crippen MR) is 70.5 cm³/mol. The predicted octanol–water partition coefficient (Wildman–Crippen LogP) is 2.07. The van der Waals surface area contributed by atoms with Crippen LogP contribution in [0.4, 0.5) is 5.69 Å². The third-order valence-electron chi connectivity index (χ3n) is 2.82. The molecule has 0 unspecified atom stereocenters. The van der Waals surface area contributed by atoms with E-state index in [1.54, 1.807) is 19.9 Å². The van der Waals surface area contributed by atoms with E-state index in [0.29, 0.717) is 11.4 Å². The van der Waals surface area contributed by atoms with Gasteiger partial charge in [-0.25, -0.2) is 8.42 Å². The van der Waals surface area contributed by atoms with E-state index in [9.17, 15) is 8.42 Å². The van der Waals surface area contributed by atoms with E-state index in [0.717, 1.165) is 10.9 Å². The van der Waals surface area contributed by atoms with Gasteiger partial charge in [0.1, 0.15) is 0 Å². The highest BCUT2D eigenvalue weighted by Crippen LogP contribution is 2.22. The van der Waals surface area contributed by atoms with Crippen LogP contribution in [-0.4, -0.2) is 18.7 Å². The fourth-order valence-electron chi connectivity index (χ4n) is 1.70. The molecule has 2 rings (SSSR count). The SMILES string of the molecule is CC(C)S(=O)(=O)Cc1cc2cccc(N)c2[nH]1. The average Bonchev–Trinajstić information content (AvgIpc) is 2.60. The number of aromatic amines is 1. The Morgan fingerprint density at radius 3 is 2.65 bits per heavy atom. The van der Waals surface area contributed by atoms with Crippen molar-refractivity contribution in [2.75, 3.05) is 5.73 Å². The van der Waals surface area contributed by atoms with Crippen molar-refractivity contribution in [3.63, 3.8) is 0 Å². The van der Waals surface area contributed by atoms with Crippen molar-refractivity contribution in [1.29, 1.82) is 0 Å². The molecule has 0 aliphatic heterocycles. The molecule has 0 aliphatic rings. The number of anilines is 1. The van der Waals surface area contributed by atoms with E-state index in [4.69, 9.17) is 5.73 Å². The Bertz CT molecular complexity index is 642. The van der Waals surface area contributed by atoms with Crippen molar-refractivity contribution in [2.45, 2.75) is 24.9 Å². The van der Waals surface area contributed by atoms with Crippen LogP contribution >= 0.6 is 0 Å². The molecule has 0 amide bonds. The minimum atomic E-state index is -3.08. The number of hydrogen-bond donors (Lipinski definition) is 2.